The van der Waals surface area contributed by atoms with Crippen LogP contribution in [0.3, 0.4) is 0 Å². The lowest BCUT2D eigenvalue weighted by Gasteiger charge is -2.14. The normalized spacial score (nSPS) is 12.1. The highest BCUT2D eigenvalue weighted by molar-refractivity contribution is 7.89. The third-order valence-corrected chi connectivity index (χ3v) is 6.43. The van der Waals surface area contributed by atoms with Gasteiger partial charge in [0.05, 0.1) is 22.6 Å². The third-order valence-electron chi connectivity index (χ3n) is 2.93. The van der Waals surface area contributed by atoms with E-state index in [1.165, 1.54) is 27.0 Å². The smallest absolute Gasteiger partial charge is 0.244 e. The van der Waals surface area contributed by atoms with Crippen molar-refractivity contribution in [2.75, 3.05) is 13.6 Å². The maximum atomic E-state index is 12.5. The first-order valence-electron chi connectivity index (χ1n) is 6.65. The molecule has 2 aromatic heterocycles. The van der Waals surface area contributed by atoms with Crippen LogP contribution in [0, 0.1) is 0 Å². The van der Waals surface area contributed by atoms with Crippen LogP contribution < -0.4 is 5.32 Å². The second kappa shape index (κ2) is 7.46. The van der Waals surface area contributed by atoms with Crippen molar-refractivity contribution in [2.45, 2.75) is 31.3 Å². The summed E-state index contributed by atoms with van der Waals surface area (Å²) in [5.74, 6) is 0. The van der Waals surface area contributed by atoms with Gasteiger partial charge in [0.25, 0.3) is 0 Å². The van der Waals surface area contributed by atoms with Crippen LogP contribution in [-0.2, 0) is 23.1 Å². The predicted octanol–water partition coefficient (Wildman–Crippen LogP) is 2.52. The molecule has 0 aliphatic carbocycles. The number of hydrogen-bond donors (Lipinski definition) is 1. The summed E-state index contributed by atoms with van der Waals surface area (Å²) in [4.78, 5) is 5.51. The Hall–Kier alpha value is -0.800. The molecule has 0 saturated carbocycles. The van der Waals surface area contributed by atoms with E-state index in [0.717, 1.165) is 23.5 Å². The Morgan fingerprint density at radius 1 is 1.38 bits per heavy atom. The molecule has 116 valence electrons. The Labute approximate surface area is 133 Å². The van der Waals surface area contributed by atoms with Crippen molar-refractivity contribution in [3.05, 3.63) is 32.9 Å². The van der Waals surface area contributed by atoms with Gasteiger partial charge >= 0.3 is 0 Å². The van der Waals surface area contributed by atoms with Gasteiger partial charge in [-0.1, -0.05) is 6.92 Å². The van der Waals surface area contributed by atoms with Gasteiger partial charge in [0, 0.05) is 29.2 Å². The van der Waals surface area contributed by atoms with E-state index < -0.39 is 10.0 Å². The van der Waals surface area contributed by atoms with Crippen molar-refractivity contribution in [3.63, 3.8) is 0 Å². The van der Waals surface area contributed by atoms with Crippen molar-refractivity contribution in [1.82, 2.24) is 14.6 Å². The van der Waals surface area contributed by atoms with Crippen LogP contribution in [0.25, 0.3) is 0 Å². The van der Waals surface area contributed by atoms with E-state index in [1.54, 1.807) is 24.0 Å². The van der Waals surface area contributed by atoms with E-state index in [0.29, 0.717) is 18.0 Å². The van der Waals surface area contributed by atoms with Gasteiger partial charge in [0.2, 0.25) is 10.0 Å². The molecule has 0 fully saturated rings. The average Bonchev–Trinajstić information content (AvgIpc) is 3.10. The largest absolute Gasteiger partial charge is 0.312 e. The molecule has 0 radical (unpaired) electrons. The summed E-state index contributed by atoms with van der Waals surface area (Å²) in [6.07, 6.45) is 1.06. The fourth-order valence-corrected chi connectivity index (χ4v) is 4.71. The average molecular weight is 346 g/mol. The van der Waals surface area contributed by atoms with Gasteiger partial charge in [-0.3, -0.25) is 0 Å². The Kier molecular flexibility index (Phi) is 5.88. The lowest BCUT2D eigenvalue weighted by Crippen LogP contribution is -2.26. The Morgan fingerprint density at radius 3 is 2.86 bits per heavy atom. The van der Waals surface area contributed by atoms with Crippen molar-refractivity contribution in [2.24, 2.45) is 0 Å². The van der Waals surface area contributed by atoms with Crippen molar-refractivity contribution < 1.29 is 8.42 Å². The molecule has 0 amide bonds. The van der Waals surface area contributed by atoms with Gasteiger partial charge in [0.15, 0.2) is 0 Å². The molecule has 0 bridgehead atoms. The molecule has 0 saturated heterocycles. The first-order chi connectivity index (χ1) is 10.0. The van der Waals surface area contributed by atoms with E-state index in [9.17, 15) is 8.42 Å². The minimum atomic E-state index is -3.44. The molecule has 0 aliphatic heterocycles. The minimum Gasteiger partial charge on any atom is -0.312 e. The molecular formula is C13H19N3O2S3. The van der Waals surface area contributed by atoms with Gasteiger partial charge < -0.3 is 5.32 Å². The summed E-state index contributed by atoms with van der Waals surface area (Å²) < 4.78 is 26.3. The zero-order valence-corrected chi connectivity index (χ0v) is 14.5. The van der Waals surface area contributed by atoms with Crippen LogP contribution >= 0.6 is 22.7 Å². The Morgan fingerprint density at radius 2 is 2.19 bits per heavy atom. The van der Waals surface area contributed by atoms with Gasteiger partial charge in [-0.05, 0) is 19.0 Å². The van der Waals surface area contributed by atoms with Crippen molar-refractivity contribution in [1.29, 1.82) is 0 Å². The van der Waals surface area contributed by atoms with Gasteiger partial charge in [-0.25, -0.2) is 13.4 Å². The fraction of sp³-hybridized carbons (Fsp3) is 0.462. The van der Waals surface area contributed by atoms with E-state index in [-0.39, 0.29) is 0 Å². The molecule has 1 N–H and O–H groups in total. The number of sulfonamides is 1. The number of nitrogens with one attached hydrogen (secondary N) is 1. The van der Waals surface area contributed by atoms with Crippen LogP contribution in [0.5, 0.6) is 0 Å². The van der Waals surface area contributed by atoms with Crippen LogP contribution in [-0.4, -0.2) is 31.3 Å². The Balaban J connectivity index is 2.04. The SMILES string of the molecule is CCCNCc1cc(S(=O)(=O)N(C)Cc2cscn2)cs1. The summed E-state index contributed by atoms with van der Waals surface area (Å²) in [7, 11) is -1.86. The molecule has 0 aliphatic rings. The molecule has 21 heavy (non-hydrogen) atoms. The molecule has 2 heterocycles. The first kappa shape index (κ1) is 16.6. The highest BCUT2D eigenvalue weighted by Gasteiger charge is 2.22. The summed E-state index contributed by atoms with van der Waals surface area (Å²) in [5, 5.41) is 6.84. The second-order valence-corrected chi connectivity index (χ2v) is 8.43. The van der Waals surface area contributed by atoms with Gasteiger partial charge in [0.1, 0.15) is 0 Å². The van der Waals surface area contributed by atoms with E-state index in [1.807, 2.05) is 5.38 Å². The molecule has 2 rings (SSSR count). The van der Waals surface area contributed by atoms with E-state index >= 15 is 0 Å². The van der Waals surface area contributed by atoms with Gasteiger partial charge in [-0.15, -0.1) is 22.7 Å². The number of rotatable bonds is 8. The molecule has 2 aromatic rings. The monoisotopic (exact) mass is 345 g/mol. The van der Waals surface area contributed by atoms with Crippen LogP contribution in [0.15, 0.2) is 27.2 Å². The van der Waals surface area contributed by atoms with E-state index in [4.69, 9.17) is 0 Å². The number of thiazole rings is 1. The fourth-order valence-electron chi connectivity index (χ4n) is 1.79. The second-order valence-electron chi connectivity index (χ2n) is 4.67. The molecule has 0 unspecified atom stereocenters. The zero-order valence-electron chi connectivity index (χ0n) is 12.1. The summed E-state index contributed by atoms with van der Waals surface area (Å²) in [6, 6.07) is 1.75. The molecular weight excluding hydrogens is 326 g/mol. The van der Waals surface area contributed by atoms with Gasteiger partial charge in [-0.2, -0.15) is 4.31 Å². The van der Waals surface area contributed by atoms with Crippen LogP contribution in [0.1, 0.15) is 23.9 Å². The van der Waals surface area contributed by atoms with Crippen LogP contribution in [0.4, 0.5) is 0 Å². The quantitative estimate of drug-likeness (QED) is 0.747. The number of hydrogen-bond acceptors (Lipinski definition) is 6. The number of nitrogens with zero attached hydrogens (tertiary/aromatic N) is 2. The summed E-state index contributed by atoms with van der Waals surface area (Å²) in [5.41, 5.74) is 2.48. The van der Waals surface area contributed by atoms with E-state index in [2.05, 4.69) is 17.2 Å². The molecule has 0 spiro atoms. The predicted molar refractivity (Wildman–Crippen MR) is 87.1 cm³/mol. The molecule has 0 aromatic carbocycles. The third kappa shape index (κ3) is 4.33. The van der Waals surface area contributed by atoms with Crippen LogP contribution in [0.2, 0.25) is 0 Å². The lowest BCUT2D eigenvalue weighted by atomic mass is 10.4. The Bertz CT molecular complexity index is 650. The standard InChI is InChI=1S/C13H19N3O2S3/c1-3-4-14-6-12-5-13(9-20-12)21(17,18)16(2)7-11-8-19-10-15-11/h5,8-10,14H,3-4,6-7H2,1-2H3. The first-order valence-corrected chi connectivity index (χ1v) is 9.92. The topological polar surface area (TPSA) is 62.3 Å². The van der Waals surface area contributed by atoms with Crippen molar-refractivity contribution in [3.8, 4) is 0 Å². The minimum absolute atomic E-state index is 0.297. The highest BCUT2D eigenvalue weighted by Crippen LogP contribution is 2.23. The maximum absolute atomic E-state index is 12.5. The molecule has 5 nitrogen and oxygen atoms in total. The highest BCUT2D eigenvalue weighted by atomic mass is 32.2. The summed E-state index contributed by atoms with van der Waals surface area (Å²) in [6.45, 7) is 4.05. The lowest BCUT2D eigenvalue weighted by molar-refractivity contribution is 0.463. The molecule has 8 heteroatoms. The summed E-state index contributed by atoms with van der Waals surface area (Å²) >= 11 is 2.93. The zero-order chi connectivity index (χ0) is 15.3. The number of thiophene rings is 1. The maximum Gasteiger partial charge on any atom is 0.244 e. The molecule has 0 atom stereocenters. The van der Waals surface area contributed by atoms with Crippen molar-refractivity contribution >= 4 is 32.7 Å². The number of aromatic nitrogens is 1.